The second-order valence-electron chi connectivity index (χ2n) is 5.02. The van der Waals surface area contributed by atoms with Crippen LogP contribution in [-0.4, -0.2) is 40.8 Å². The number of nitrogens with one attached hydrogen (secondary N) is 1. The zero-order chi connectivity index (χ0) is 13.1. The normalized spacial score (nSPS) is 19.3. The standard InChI is InChI=1S/C14H20N4O/c1-19-9-8-18-13(10-11-4-2-6-15-11)17-12-5-3-7-16-14(12)18/h3,5,7,11,15H,2,4,6,8-10H2,1H3. The molecule has 0 aromatic carbocycles. The van der Waals surface area contributed by atoms with Crippen molar-refractivity contribution in [3.63, 3.8) is 0 Å². The van der Waals surface area contributed by atoms with E-state index in [0.717, 1.165) is 36.5 Å². The number of hydrogen-bond donors (Lipinski definition) is 1. The Labute approximate surface area is 113 Å². The monoisotopic (exact) mass is 260 g/mol. The maximum absolute atomic E-state index is 5.20. The van der Waals surface area contributed by atoms with Gasteiger partial charge in [-0.15, -0.1) is 0 Å². The SMILES string of the molecule is COCCn1c(CC2CCCN2)nc2cccnc21. The molecule has 3 rings (SSSR count). The molecule has 1 atom stereocenters. The van der Waals surface area contributed by atoms with E-state index in [2.05, 4.69) is 14.9 Å². The van der Waals surface area contributed by atoms with Gasteiger partial charge in [-0.3, -0.25) is 0 Å². The molecule has 0 amide bonds. The zero-order valence-corrected chi connectivity index (χ0v) is 11.3. The fourth-order valence-corrected chi connectivity index (χ4v) is 2.73. The van der Waals surface area contributed by atoms with E-state index in [1.165, 1.54) is 12.8 Å². The molecular formula is C14H20N4O. The number of fused-ring (bicyclic) bond motifs is 1. The quantitative estimate of drug-likeness (QED) is 0.882. The van der Waals surface area contributed by atoms with E-state index < -0.39 is 0 Å². The van der Waals surface area contributed by atoms with Crippen molar-refractivity contribution >= 4 is 11.2 Å². The van der Waals surface area contributed by atoms with Crippen molar-refractivity contribution in [2.24, 2.45) is 0 Å². The predicted octanol–water partition coefficient (Wildman–Crippen LogP) is 1.37. The molecule has 0 spiro atoms. The Morgan fingerprint density at radius 3 is 3.26 bits per heavy atom. The van der Waals surface area contributed by atoms with E-state index in [4.69, 9.17) is 9.72 Å². The predicted molar refractivity (Wildman–Crippen MR) is 74.1 cm³/mol. The van der Waals surface area contributed by atoms with Crippen molar-refractivity contribution in [1.82, 2.24) is 19.9 Å². The maximum Gasteiger partial charge on any atom is 0.160 e. The lowest BCUT2D eigenvalue weighted by atomic mass is 10.1. The van der Waals surface area contributed by atoms with Crippen LogP contribution in [0.25, 0.3) is 11.2 Å². The van der Waals surface area contributed by atoms with Crippen molar-refractivity contribution in [3.8, 4) is 0 Å². The Balaban J connectivity index is 1.91. The summed E-state index contributed by atoms with van der Waals surface area (Å²) >= 11 is 0. The Kier molecular flexibility index (Phi) is 3.75. The lowest BCUT2D eigenvalue weighted by Gasteiger charge is -2.12. The second-order valence-corrected chi connectivity index (χ2v) is 5.02. The summed E-state index contributed by atoms with van der Waals surface area (Å²) in [5.74, 6) is 1.12. The minimum absolute atomic E-state index is 0.554. The van der Waals surface area contributed by atoms with Gasteiger partial charge in [-0.2, -0.15) is 0 Å². The van der Waals surface area contributed by atoms with E-state index in [9.17, 15) is 0 Å². The molecular weight excluding hydrogens is 240 g/mol. The molecule has 3 heterocycles. The molecule has 0 radical (unpaired) electrons. The van der Waals surface area contributed by atoms with Crippen LogP contribution in [0.2, 0.25) is 0 Å². The summed E-state index contributed by atoms with van der Waals surface area (Å²) in [5.41, 5.74) is 1.94. The van der Waals surface area contributed by atoms with Gasteiger partial charge in [0, 0.05) is 32.3 Å². The van der Waals surface area contributed by atoms with Crippen LogP contribution >= 0.6 is 0 Å². The number of nitrogens with zero attached hydrogens (tertiary/aromatic N) is 3. The lowest BCUT2D eigenvalue weighted by Crippen LogP contribution is -2.25. The van der Waals surface area contributed by atoms with E-state index in [-0.39, 0.29) is 0 Å². The molecule has 1 unspecified atom stereocenters. The molecule has 0 bridgehead atoms. The number of hydrogen-bond acceptors (Lipinski definition) is 4. The maximum atomic E-state index is 5.20. The third kappa shape index (κ3) is 2.62. The van der Waals surface area contributed by atoms with Gasteiger partial charge in [0.2, 0.25) is 0 Å². The summed E-state index contributed by atoms with van der Waals surface area (Å²) in [6.45, 7) is 2.63. The number of ether oxygens (including phenoxy) is 1. The average molecular weight is 260 g/mol. The van der Waals surface area contributed by atoms with Crippen LogP contribution in [0.5, 0.6) is 0 Å². The molecule has 0 aliphatic carbocycles. The molecule has 0 saturated carbocycles. The van der Waals surface area contributed by atoms with Crippen LogP contribution in [0.3, 0.4) is 0 Å². The van der Waals surface area contributed by atoms with Crippen LogP contribution in [0, 0.1) is 0 Å². The van der Waals surface area contributed by atoms with Gasteiger partial charge in [0.15, 0.2) is 5.65 Å². The minimum atomic E-state index is 0.554. The van der Waals surface area contributed by atoms with Gasteiger partial charge in [-0.05, 0) is 31.5 Å². The van der Waals surface area contributed by atoms with Crippen LogP contribution in [0.4, 0.5) is 0 Å². The smallest absolute Gasteiger partial charge is 0.160 e. The molecule has 2 aromatic heterocycles. The average Bonchev–Trinajstić information content (AvgIpc) is 3.04. The van der Waals surface area contributed by atoms with Crippen LogP contribution in [0.1, 0.15) is 18.7 Å². The third-order valence-corrected chi connectivity index (χ3v) is 3.69. The van der Waals surface area contributed by atoms with Gasteiger partial charge >= 0.3 is 0 Å². The van der Waals surface area contributed by atoms with E-state index >= 15 is 0 Å². The Morgan fingerprint density at radius 1 is 1.53 bits per heavy atom. The summed E-state index contributed by atoms with van der Waals surface area (Å²) in [4.78, 5) is 9.19. The number of methoxy groups -OCH3 is 1. The number of aromatic nitrogens is 3. The highest BCUT2D eigenvalue weighted by atomic mass is 16.5. The summed E-state index contributed by atoms with van der Waals surface area (Å²) in [6, 6.07) is 4.52. The highest BCUT2D eigenvalue weighted by molar-refractivity contribution is 5.71. The molecule has 1 saturated heterocycles. The van der Waals surface area contributed by atoms with Crippen molar-refractivity contribution < 1.29 is 4.74 Å². The minimum Gasteiger partial charge on any atom is -0.383 e. The first kappa shape index (κ1) is 12.6. The molecule has 5 nitrogen and oxygen atoms in total. The Morgan fingerprint density at radius 2 is 2.47 bits per heavy atom. The van der Waals surface area contributed by atoms with Gasteiger partial charge in [0.1, 0.15) is 11.3 Å². The van der Waals surface area contributed by atoms with Crippen molar-refractivity contribution in [3.05, 3.63) is 24.2 Å². The molecule has 1 aliphatic rings. The summed E-state index contributed by atoms with van der Waals surface area (Å²) in [5, 5.41) is 3.53. The molecule has 1 aliphatic heterocycles. The molecule has 102 valence electrons. The summed E-state index contributed by atoms with van der Waals surface area (Å²) < 4.78 is 7.39. The summed E-state index contributed by atoms with van der Waals surface area (Å²) in [6.07, 6.45) is 5.30. The highest BCUT2D eigenvalue weighted by Gasteiger charge is 2.19. The van der Waals surface area contributed by atoms with Gasteiger partial charge < -0.3 is 14.6 Å². The van der Waals surface area contributed by atoms with E-state index in [0.29, 0.717) is 12.6 Å². The fraction of sp³-hybridized carbons (Fsp3) is 0.571. The van der Waals surface area contributed by atoms with Crippen LogP contribution in [-0.2, 0) is 17.7 Å². The lowest BCUT2D eigenvalue weighted by molar-refractivity contribution is 0.187. The number of imidazole rings is 1. The van der Waals surface area contributed by atoms with E-state index in [1.54, 1.807) is 7.11 Å². The van der Waals surface area contributed by atoms with Gasteiger partial charge in [-0.25, -0.2) is 9.97 Å². The first-order chi connectivity index (χ1) is 9.38. The number of pyridine rings is 1. The third-order valence-electron chi connectivity index (χ3n) is 3.69. The Hall–Kier alpha value is -1.46. The molecule has 1 fully saturated rings. The first-order valence-corrected chi connectivity index (χ1v) is 6.91. The topological polar surface area (TPSA) is 52.0 Å². The number of rotatable bonds is 5. The molecule has 2 aromatic rings. The molecule has 19 heavy (non-hydrogen) atoms. The molecule has 1 N–H and O–H groups in total. The van der Waals surface area contributed by atoms with Crippen LogP contribution in [0.15, 0.2) is 18.3 Å². The van der Waals surface area contributed by atoms with Gasteiger partial charge in [0.05, 0.1) is 6.61 Å². The second kappa shape index (κ2) is 5.67. The van der Waals surface area contributed by atoms with Crippen molar-refractivity contribution in [2.75, 3.05) is 20.3 Å². The fourth-order valence-electron chi connectivity index (χ4n) is 2.73. The van der Waals surface area contributed by atoms with Crippen LogP contribution < -0.4 is 5.32 Å². The van der Waals surface area contributed by atoms with Gasteiger partial charge in [0.25, 0.3) is 0 Å². The Bertz CT molecular complexity index is 545. The molecule has 5 heteroatoms. The largest absolute Gasteiger partial charge is 0.383 e. The van der Waals surface area contributed by atoms with Gasteiger partial charge in [-0.1, -0.05) is 0 Å². The zero-order valence-electron chi connectivity index (χ0n) is 11.3. The van der Waals surface area contributed by atoms with Crippen molar-refractivity contribution in [2.45, 2.75) is 31.8 Å². The van der Waals surface area contributed by atoms with Crippen molar-refractivity contribution in [1.29, 1.82) is 0 Å². The highest BCUT2D eigenvalue weighted by Crippen LogP contribution is 2.17. The first-order valence-electron chi connectivity index (χ1n) is 6.91. The van der Waals surface area contributed by atoms with E-state index in [1.807, 2.05) is 18.3 Å². The summed E-state index contributed by atoms with van der Waals surface area (Å²) in [7, 11) is 1.73.